The van der Waals surface area contributed by atoms with Crippen molar-refractivity contribution in [2.45, 2.75) is 83.9 Å². The van der Waals surface area contributed by atoms with Crippen LogP contribution < -0.4 is 4.74 Å². The zero-order chi connectivity index (χ0) is 21.2. The number of unbranched alkanes of at least 4 members (excludes halogenated alkanes) is 1. The van der Waals surface area contributed by atoms with Gasteiger partial charge in [0.1, 0.15) is 18.0 Å². The second-order valence-corrected chi connectivity index (χ2v) is 13.2. The van der Waals surface area contributed by atoms with E-state index in [2.05, 4.69) is 58.6 Å². The zero-order valence-corrected chi connectivity index (χ0v) is 19.6. The largest absolute Gasteiger partial charge is 0.497 e. The Labute approximate surface area is 173 Å². The average molecular weight is 401 g/mol. The van der Waals surface area contributed by atoms with E-state index in [1.165, 1.54) is 0 Å². The van der Waals surface area contributed by atoms with Crippen molar-refractivity contribution in [3.63, 3.8) is 0 Å². The highest BCUT2D eigenvalue weighted by atomic mass is 28.4. The van der Waals surface area contributed by atoms with Gasteiger partial charge < -0.3 is 13.9 Å². The van der Waals surface area contributed by atoms with E-state index in [1.54, 1.807) is 7.11 Å². The van der Waals surface area contributed by atoms with Crippen LogP contribution in [0.3, 0.4) is 0 Å². The topological polar surface area (TPSA) is 27.7 Å². The first-order valence-electron chi connectivity index (χ1n) is 9.99. The van der Waals surface area contributed by atoms with E-state index in [9.17, 15) is 0 Å². The van der Waals surface area contributed by atoms with Crippen molar-refractivity contribution in [1.29, 1.82) is 0 Å². The molecule has 0 spiro atoms. The summed E-state index contributed by atoms with van der Waals surface area (Å²) in [6.45, 7) is 13.7. The lowest BCUT2D eigenvalue weighted by Crippen LogP contribution is -2.44. The molecule has 0 aliphatic rings. The minimum absolute atomic E-state index is 0.107. The van der Waals surface area contributed by atoms with Crippen LogP contribution in [0.1, 0.15) is 52.5 Å². The molecule has 0 aliphatic carbocycles. The summed E-state index contributed by atoms with van der Waals surface area (Å²) >= 11 is 0. The molecule has 0 amide bonds. The fraction of sp³-hybridized carbons (Fsp3) is 0.583. The summed E-state index contributed by atoms with van der Waals surface area (Å²) in [7, 11) is -0.292. The van der Waals surface area contributed by atoms with Crippen molar-refractivity contribution in [1.82, 2.24) is 0 Å². The Kier molecular flexibility index (Phi) is 9.83. The number of hydrogen-bond donors (Lipinski definition) is 0. The molecule has 0 bridgehead atoms. The van der Waals surface area contributed by atoms with Gasteiger partial charge in [-0.15, -0.1) is 12.3 Å². The Bertz CT molecular complexity index is 684. The first kappa shape index (κ1) is 24.3. The average Bonchev–Trinajstić information content (AvgIpc) is 2.64. The number of rotatable bonds is 9. The van der Waals surface area contributed by atoms with Gasteiger partial charge in [0.05, 0.1) is 13.7 Å². The molecule has 28 heavy (non-hydrogen) atoms. The number of benzene rings is 1. The van der Waals surface area contributed by atoms with Crippen molar-refractivity contribution in [2.75, 3.05) is 7.11 Å². The van der Waals surface area contributed by atoms with Gasteiger partial charge in [-0.05, 0) is 42.2 Å². The van der Waals surface area contributed by atoms with Crippen LogP contribution in [-0.4, -0.2) is 27.6 Å². The SMILES string of the molecule is C#C[C@H](C[C@H](C#CCCC)OCc1ccc(OC)cc1)O[Si](C)(C)C(C)(C)C. The van der Waals surface area contributed by atoms with Gasteiger partial charge in [0.2, 0.25) is 0 Å². The van der Waals surface area contributed by atoms with Gasteiger partial charge in [-0.2, -0.15) is 0 Å². The minimum atomic E-state index is -1.95. The van der Waals surface area contributed by atoms with Gasteiger partial charge in [0, 0.05) is 12.8 Å². The van der Waals surface area contributed by atoms with Crippen LogP contribution in [-0.2, 0) is 15.8 Å². The molecule has 1 aromatic rings. The van der Waals surface area contributed by atoms with Gasteiger partial charge in [0.15, 0.2) is 8.32 Å². The van der Waals surface area contributed by atoms with E-state index in [0.29, 0.717) is 13.0 Å². The van der Waals surface area contributed by atoms with E-state index in [0.717, 1.165) is 24.2 Å². The molecule has 0 radical (unpaired) electrons. The van der Waals surface area contributed by atoms with Crippen LogP contribution >= 0.6 is 0 Å². The lowest BCUT2D eigenvalue weighted by Gasteiger charge is -2.38. The Morgan fingerprint density at radius 3 is 2.25 bits per heavy atom. The number of methoxy groups -OCH3 is 1. The van der Waals surface area contributed by atoms with Crippen molar-refractivity contribution in [3.8, 4) is 29.9 Å². The summed E-state index contributed by atoms with van der Waals surface area (Å²) in [5.74, 6) is 10.1. The standard InChI is InChI=1S/C24H36O3Si/c1-9-11-12-13-23(26-19-20-14-16-22(25-6)17-15-20)18-21(10-2)27-28(7,8)24(3,4)5/h2,14-17,21,23H,9,11,18-19H2,1,3-8H3/t21-,23+/m1/s1. The van der Waals surface area contributed by atoms with E-state index in [-0.39, 0.29) is 17.2 Å². The molecule has 4 heteroatoms. The number of terminal acetylenes is 1. The normalized spacial score (nSPS) is 13.8. The van der Waals surface area contributed by atoms with Crippen molar-refractivity contribution in [3.05, 3.63) is 29.8 Å². The fourth-order valence-electron chi connectivity index (χ4n) is 2.28. The maximum atomic E-state index is 6.41. The molecular weight excluding hydrogens is 364 g/mol. The molecule has 3 nitrogen and oxygen atoms in total. The Hall–Kier alpha value is -1.72. The summed E-state index contributed by atoms with van der Waals surface area (Å²) in [4.78, 5) is 0. The maximum absolute atomic E-state index is 6.41. The van der Waals surface area contributed by atoms with E-state index >= 15 is 0 Å². The molecule has 0 aliphatic heterocycles. The monoisotopic (exact) mass is 400 g/mol. The summed E-state index contributed by atoms with van der Waals surface area (Å²) in [5.41, 5.74) is 1.07. The molecule has 2 atom stereocenters. The van der Waals surface area contributed by atoms with Crippen LogP contribution in [0.5, 0.6) is 5.75 Å². The quantitative estimate of drug-likeness (QED) is 0.387. The van der Waals surface area contributed by atoms with Crippen LogP contribution in [0.25, 0.3) is 0 Å². The van der Waals surface area contributed by atoms with Crippen molar-refractivity contribution < 1.29 is 13.9 Å². The molecule has 0 heterocycles. The van der Waals surface area contributed by atoms with Crippen molar-refractivity contribution in [2.24, 2.45) is 0 Å². The highest BCUT2D eigenvalue weighted by molar-refractivity contribution is 6.74. The first-order chi connectivity index (χ1) is 13.1. The molecule has 0 unspecified atom stereocenters. The number of ether oxygens (including phenoxy) is 2. The molecule has 154 valence electrons. The Morgan fingerprint density at radius 2 is 1.75 bits per heavy atom. The summed E-state index contributed by atoms with van der Waals surface area (Å²) in [6.07, 6.45) is 7.71. The maximum Gasteiger partial charge on any atom is 0.193 e. The second kappa shape index (κ2) is 11.3. The predicted molar refractivity (Wildman–Crippen MR) is 120 cm³/mol. The van der Waals surface area contributed by atoms with Crippen LogP contribution in [0, 0.1) is 24.2 Å². The van der Waals surface area contributed by atoms with Crippen molar-refractivity contribution >= 4 is 8.32 Å². The molecule has 0 fully saturated rings. The predicted octanol–water partition coefficient (Wildman–Crippen LogP) is 5.80. The van der Waals surface area contributed by atoms with Gasteiger partial charge >= 0.3 is 0 Å². The highest BCUT2D eigenvalue weighted by Gasteiger charge is 2.39. The third-order valence-corrected chi connectivity index (χ3v) is 9.59. The summed E-state index contributed by atoms with van der Waals surface area (Å²) in [5, 5.41) is 0.107. The summed E-state index contributed by atoms with van der Waals surface area (Å²) < 4.78 is 17.7. The van der Waals surface area contributed by atoms with Crippen LogP contribution in [0.15, 0.2) is 24.3 Å². The van der Waals surface area contributed by atoms with Gasteiger partial charge in [-0.3, -0.25) is 0 Å². The third kappa shape index (κ3) is 8.11. The van der Waals surface area contributed by atoms with Crippen LogP contribution in [0.2, 0.25) is 18.1 Å². The molecule has 0 saturated carbocycles. The lowest BCUT2D eigenvalue weighted by molar-refractivity contribution is 0.0512. The van der Waals surface area contributed by atoms with E-state index in [1.807, 2.05) is 24.3 Å². The molecule has 1 rings (SSSR count). The first-order valence-corrected chi connectivity index (χ1v) is 12.9. The Balaban J connectivity index is 2.82. The second-order valence-electron chi connectivity index (χ2n) is 8.49. The summed E-state index contributed by atoms with van der Waals surface area (Å²) in [6, 6.07) is 7.86. The Morgan fingerprint density at radius 1 is 1.11 bits per heavy atom. The molecule has 0 aromatic heterocycles. The molecule has 0 N–H and O–H groups in total. The number of hydrogen-bond acceptors (Lipinski definition) is 3. The third-order valence-electron chi connectivity index (χ3n) is 5.11. The molecule has 1 aromatic carbocycles. The van der Waals surface area contributed by atoms with Gasteiger partial charge in [-0.1, -0.05) is 51.7 Å². The highest BCUT2D eigenvalue weighted by Crippen LogP contribution is 2.37. The lowest BCUT2D eigenvalue weighted by atomic mass is 10.1. The van der Waals surface area contributed by atoms with Gasteiger partial charge in [0.25, 0.3) is 0 Å². The fourth-order valence-corrected chi connectivity index (χ4v) is 3.50. The molecule has 0 saturated heterocycles. The molecular formula is C24H36O3Si. The smallest absolute Gasteiger partial charge is 0.193 e. The van der Waals surface area contributed by atoms with E-state index < -0.39 is 8.32 Å². The van der Waals surface area contributed by atoms with Gasteiger partial charge in [-0.25, -0.2) is 0 Å². The van der Waals surface area contributed by atoms with E-state index in [4.69, 9.17) is 20.3 Å². The minimum Gasteiger partial charge on any atom is -0.497 e. The van der Waals surface area contributed by atoms with Crippen LogP contribution in [0.4, 0.5) is 0 Å². The zero-order valence-electron chi connectivity index (χ0n) is 18.6.